The minimum Gasteiger partial charge on any atom is -0.397 e. The van der Waals surface area contributed by atoms with E-state index in [2.05, 4.69) is 31.9 Å². The Morgan fingerprint density at radius 1 is 1.21 bits per heavy atom. The molecule has 0 atom stereocenters. The molecule has 0 fully saturated rings. The molecule has 4 nitrogen and oxygen atoms in total. The average Bonchev–Trinajstić information content (AvgIpc) is 2.76. The van der Waals surface area contributed by atoms with Crippen molar-refractivity contribution in [1.82, 2.24) is 0 Å². The molecule has 1 aromatic carbocycles. The Hall–Kier alpha value is -0.570. The number of halogens is 2. The van der Waals surface area contributed by atoms with Crippen molar-refractivity contribution >= 4 is 64.6 Å². The maximum absolute atomic E-state index is 12.4. The molecule has 0 radical (unpaired) electrons. The van der Waals surface area contributed by atoms with Gasteiger partial charge in [-0.3, -0.25) is 4.31 Å². The molecule has 102 valence electrons. The second-order valence-electron chi connectivity index (χ2n) is 3.73. The van der Waals surface area contributed by atoms with Crippen molar-refractivity contribution in [2.45, 2.75) is 4.21 Å². The van der Waals surface area contributed by atoms with E-state index in [4.69, 9.17) is 5.73 Å². The van der Waals surface area contributed by atoms with Crippen LogP contribution in [0.4, 0.5) is 11.4 Å². The minimum absolute atomic E-state index is 0.268. The summed E-state index contributed by atoms with van der Waals surface area (Å²) in [5.74, 6) is 0. The standard InChI is InChI=1S/C11H10Br2N2O2S2/c1-15(9-3-2-7(12)6-8(9)14)19(16,17)11-5-4-10(13)18-11/h2-6H,14H2,1H3. The molecule has 2 aromatic rings. The van der Waals surface area contributed by atoms with Gasteiger partial charge in [-0.05, 0) is 46.3 Å². The van der Waals surface area contributed by atoms with Crippen LogP contribution in [0.2, 0.25) is 0 Å². The summed E-state index contributed by atoms with van der Waals surface area (Å²) in [6.45, 7) is 0. The fraction of sp³-hybridized carbons (Fsp3) is 0.0909. The molecule has 0 spiro atoms. The lowest BCUT2D eigenvalue weighted by Crippen LogP contribution is -2.26. The van der Waals surface area contributed by atoms with Crippen LogP contribution in [0.15, 0.2) is 42.8 Å². The van der Waals surface area contributed by atoms with Crippen molar-refractivity contribution in [3.63, 3.8) is 0 Å². The Kier molecular flexibility index (Phi) is 4.24. The molecule has 1 aromatic heterocycles. The molecular formula is C11H10Br2N2O2S2. The summed E-state index contributed by atoms with van der Waals surface area (Å²) in [7, 11) is -2.09. The average molecular weight is 426 g/mol. The van der Waals surface area contributed by atoms with E-state index >= 15 is 0 Å². The molecule has 2 rings (SSSR count). The lowest BCUT2D eigenvalue weighted by Gasteiger charge is -2.20. The van der Waals surface area contributed by atoms with Gasteiger partial charge in [0, 0.05) is 11.5 Å². The second-order valence-corrected chi connectivity index (χ2v) is 9.31. The topological polar surface area (TPSA) is 63.4 Å². The maximum atomic E-state index is 12.4. The Morgan fingerprint density at radius 2 is 1.89 bits per heavy atom. The van der Waals surface area contributed by atoms with Gasteiger partial charge in [0.2, 0.25) is 0 Å². The zero-order valence-electron chi connectivity index (χ0n) is 9.80. The zero-order valence-corrected chi connectivity index (χ0v) is 14.6. The summed E-state index contributed by atoms with van der Waals surface area (Å²) in [5, 5.41) is 0. The number of nitrogen functional groups attached to an aromatic ring is 1. The van der Waals surface area contributed by atoms with Crippen LogP contribution in [0.25, 0.3) is 0 Å². The quantitative estimate of drug-likeness (QED) is 0.762. The van der Waals surface area contributed by atoms with E-state index in [1.54, 1.807) is 30.3 Å². The van der Waals surface area contributed by atoms with Crippen molar-refractivity contribution in [2.24, 2.45) is 0 Å². The molecule has 0 bridgehead atoms. The van der Waals surface area contributed by atoms with Crippen LogP contribution in [-0.2, 0) is 10.0 Å². The molecule has 0 unspecified atom stereocenters. The van der Waals surface area contributed by atoms with Gasteiger partial charge in [-0.25, -0.2) is 8.42 Å². The molecular weight excluding hydrogens is 416 g/mol. The highest BCUT2D eigenvalue weighted by molar-refractivity contribution is 9.11. The fourth-order valence-electron chi connectivity index (χ4n) is 1.51. The number of anilines is 2. The largest absolute Gasteiger partial charge is 0.397 e. The number of hydrogen-bond donors (Lipinski definition) is 1. The highest BCUT2D eigenvalue weighted by Gasteiger charge is 2.24. The Morgan fingerprint density at radius 3 is 2.42 bits per heavy atom. The van der Waals surface area contributed by atoms with Crippen LogP contribution in [0.5, 0.6) is 0 Å². The van der Waals surface area contributed by atoms with Gasteiger partial charge in [0.25, 0.3) is 10.0 Å². The number of nitrogens with two attached hydrogens (primary N) is 1. The van der Waals surface area contributed by atoms with Crippen LogP contribution >= 0.6 is 43.2 Å². The third-order valence-corrected chi connectivity index (χ3v) is 6.85. The first-order chi connectivity index (χ1) is 8.82. The summed E-state index contributed by atoms with van der Waals surface area (Å²) < 4.78 is 27.9. The van der Waals surface area contributed by atoms with Crippen LogP contribution in [-0.4, -0.2) is 15.5 Å². The van der Waals surface area contributed by atoms with E-state index in [0.717, 1.165) is 19.6 Å². The monoisotopic (exact) mass is 424 g/mol. The third-order valence-electron chi connectivity index (χ3n) is 2.49. The molecule has 8 heteroatoms. The van der Waals surface area contributed by atoms with E-state index in [1.165, 1.54) is 11.4 Å². The van der Waals surface area contributed by atoms with Crippen molar-refractivity contribution in [2.75, 3.05) is 17.1 Å². The van der Waals surface area contributed by atoms with Gasteiger partial charge in [-0.1, -0.05) is 15.9 Å². The molecule has 0 amide bonds. The van der Waals surface area contributed by atoms with Gasteiger partial charge < -0.3 is 5.73 Å². The number of rotatable bonds is 3. The Bertz CT molecular complexity index is 713. The van der Waals surface area contributed by atoms with E-state index in [9.17, 15) is 8.42 Å². The SMILES string of the molecule is CN(c1ccc(Br)cc1N)S(=O)(=O)c1ccc(Br)s1. The Labute approximate surface area is 132 Å². The first kappa shape index (κ1) is 14.8. The van der Waals surface area contributed by atoms with Crippen LogP contribution in [0.3, 0.4) is 0 Å². The van der Waals surface area contributed by atoms with Crippen LogP contribution < -0.4 is 10.0 Å². The number of sulfonamides is 1. The van der Waals surface area contributed by atoms with Gasteiger partial charge in [-0.15, -0.1) is 11.3 Å². The number of benzene rings is 1. The lowest BCUT2D eigenvalue weighted by atomic mass is 10.3. The smallest absolute Gasteiger partial charge is 0.273 e. The summed E-state index contributed by atoms with van der Waals surface area (Å²) >= 11 is 7.71. The van der Waals surface area contributed by atoms with Gasteiger partial charge in [-0.2, -0.15) is 0 Å². The van der Waals surface area contributed by atoms with Gasteiger partial charge in [0.05, 0.1) is 15.2 Å². The highest BCUT2D eigenvalue weighted by Crippen LogP contribution is 2.33. The predicted octanol–water partition coefficient (Wildman–Crippen LogP) is 3.68. The molecule has 0 aliphatic rings. The molecule has 19 heavy (non-hydrogen) atoms. The van der Waals surface area contributed by atoms with Gasteiger partial charge in [0.15, 0.2) is 0 Å². The first-order valence-corrected chi connectivity index (χ1v) is 8.96. The van der Waals surface area contributed by atoms with Crippen LogP contribution in [0, 0.1) is 0 Å². The van der Waals surface area contributed by atoms with Gasteiger partial charge >= 0.3 is 0 Å². The number of hydrogen-bond acceptors (Lipinski definition) is 4. The first-order valence-electron chi connectivity index (χ1n) is 5.11. The van der Waals surface area contributed by atoms with Crippen LogP contribution in [0.1, 0.15) is 0 Å². The summed E-state index contributed by atoms with van der Waals surface area (Å²) in [6, 6.07) is 8.36. The fourth-order valence-corrected chi connectivity index (χ4v) is 5.29. The molecule has 0 aliphatic carbocycles. The second kappa shape index (κ2) is 5.43. The molecule has 1 heterocycles. The normalized spacial score (nSPS) is 11.5. The summed E-state index contributed by atoms with van der Waals surface area (Å²) in [5.41, 5.74) is 6.71. The van der Waals surface area contributed by atoms with Crippen molar-refractivity contribution in [3.8, 4) is 0 Å². The summed E-state index contributed by atoms with van der Waals surface area (Å²) in [6.07, 6.45) is 0. The maximum Gasteiger partial charge on any atom is 0.273 e. The predicted molar refractivity (Wildman–Crippen MR) is 86.2 cm³/mol. The third kappa shape index (κ3) is 2.96. The zero-order chi connectivity index (χ0) is 14.2. The molecule has 0 saturated heterocycles. The highest BCUT2D eigenvalue weighted by atomic mass is 79.9. The molecule has 0 aliphatic heterocycles. The van der Waals surface area contributed by atoms with Crippen molar-refractivity contribution in [1.29, 1.82) is 0 Å². The number of nitrogens with zero attached hydrogens (tertiary/aromatic N) is 1. The Balaban J connectivity index is 2.46. The van der Waals surface area contributed by atoms with Crippen molar-refractivity contribution in [3.05, 3.63) is 38.6 Å². The van der Waals surface area contributed by atoms with E-state index in [-0.39, 0.29) is 4.21 Å². The molecule has 0 saturated carbocycles. The van der Waals surface area contributed by atoms with Crippen molar-refractivity contribution < 1.29 is 8.42 Å². The van der Waals surface area contributed by atoms with E-state index in [0.29, 0.717) is 11.4 Å². The van der Waals surface area contributed by atoms with E-state index < -0.39 is 10.0 Å². The van der Waals surface area contributed by atoms with Gasteiger partial charge in [0.1, 0.15) is 4.21 Å². The van der Waals surface area contributed by atoms with E-state index in [1.807, 2.05) is 0 Å². The molecule has 2 N–H and O–H groups in total. The summed E-state index contributed by atoms with van der Waals surface area (Å²) in [4.78, 5) is 0. The number of thiophene rings is 1. The lowest BCUT2D eigenvalue weighted by molar-refractivity contribution is 0.596. The minimum atomic E-state index is -3.58.